The highest BCUT2D eigenvalue weighted by atomic mass is 16.5. The number of hydrogen-bond donors (Lipinski definition) is 1. The summed E-state index contributed by atoms with van der Waals surface area (Å²) in [4.78, 5) is 22.9. The van der Waals surface area contributed by atoms with Crippen molar-refractivity contribution >= 4 is 11.9 Å². The summed E-state index contributed by atoms with van der Waals surface area (Å²) in [6, 6.07) is 1.69. The lowest BCUT2D eigenvalue weighted by Crippen LogP contribution is -2.38. The molecule has 120 valence electrons. The summed E-state index contributed by atoms with van der Waals surface area (Å²) in [6.07, 6.45) is 6.19. The normalized spacial score (nSPS) is 22.8. The molecule has 22 heavy (non-hydrogen) atoms. The van der Waals surface area contributed by atoms with Crippen LogP contribution in [-0.2, 0) is 4.74 Å². The lowest BCUT2D eigenvalue weighted by atomic mass is 9.99. The second-order valence-corrected chi connectivity index (χ2v) is 6.26. The number of aromatic nitrogens is 2. The monoisotopic (exact) mass is 304 g/mol. The van der Waals surface area contributed by atoms with Gasteiger partial charge in [0.2, 0.25) is 5.95 Å². The van der Waals surface area contributed by atoms with Gasteiger partial charge >= 0.3 is 0 Å². The van der Waals surface area contributed by atoms with Crippen LogP contribution in [0.4, 0.5) is 5.95 Å². The Kier molecular flexibility index (Phi) is 4.87. The Morgan fingerprint density at radius 3 is 2.95 bits per heavy atom. The molecule has 6 nitrogen and oxygen atoms in total. The van der Waals surface area contributed by atoms with Gasteiger partial charge in [0.05, 0.1) is 6.10 Å². The number of rotatable bonds is 4. The van der Waals surface area contributed by atoms with Crippen molar-refractivity contribution in [1.29, 1.82) is 0 Å². The van der Waals surface area contributed by atoms with Gasteiger partial charge < -0.3 is 15.0 Å². The van der Waals surface area contributed by atoms with E-state index >= 15 is 0 Å². The van der Waals surface area contributed by atoms with Crippen LogP contribution in [0, 0.1) is 5.92 Å². The highest BCUT2D eigenvalue weighted by molar-refractivity contribution is 5.92. The molecule has 0 saturated carbocycles. The molecule has 0 radical (unpaired) electrons. The smallest absolute Gasteiger partial charge is 0.272 e. The minimum absolute atomic E-state index is 0.00877. The fraction of sp³-hybridized carbons (Fsp3) is 0.688. The van der Waals surface area contributed by atoms with Crippen LogP contribution in [0.3, 0.4) is 0 Å². The van der Waals surface area contributed by atoms with Crippen molar-refractivity contribution < 1.29 is 9.53 Å². The number of likely N-dealkylation sites (tertiary alicyclic amines) is 1. The van der Waals surface area contributed by atoms with Crippen LogP contribution in [0.2, 0.25) is 0 Å². The molecule has 0 aromatic carbocycles. The molecule has 0 aliphatic carbocycles. The molecule has 1 amide bonds. The molecule has 1 atom stereocenters. The van der Waals surface area contributed by atoms with Crippen molar-refractivity contribution in [1.82, 2.24) is 14.9 Å². The molecule has 1 unspecified atom stereocenters. The summed E-state index contributed by atoms with van der Waals surface area (Å²) in [6.45, 7) is 5.41. The Morgan fingerprint density at radius 1 is 1.41 bits per heavy atom. The number of nitrogens with one attached hydrogen (secondary N) is 1. The van der Waals surface area contributed by atoms with Gasteiger partial charge in [-0.25, -0.2) is 9.97 Å². The first kappa shape index (κ1) is 15.2. The molecule has 1 aromatic heterocycles. The first-order valence-electron chi connectivity index (χ1n) is 8.20. The summed E-state index contributed by atoms with van der Waals surface area (Å²) in [5.74, 6) is 1.22. The lowest BCUT2D eigenvalue weighted by Gasteiger charge is -2.30. The number of amides is 1. The van der Waals surface area contributed by atoms with E-state index in [1.807, 2.05) is 4.90 Å². The van der Waals surface area contributed by atoms with Crippen molar-refractivity contribution in [2.45, 2.75) is 38.7 Å². The number of carbonyl (C=O) groups is 1. The Balaban J connectivity index is 1.59. The van der Waals surface area contributed by atoms with E-state index in [1.54, 1.807) is 12.3 Å². The minimum Gasteiger partial charge on any atom is -0.376 e. The highest BCUT2D eigenvalue weighted by Crippen LogP contribution is 2.18. The van der Waals surface area contributed by atoms with Crippen molar-refractivity contribution in [2.75, 3.05) is 31.6 Å². The maximum Gasteiger partial charge on any atom is 0.272 e. The van der Waals surface area contributed by atoms with Gasteiger partial charge in [0.15, 0.2) is 0 Å². The first-order chi connectivity index (χ1) is 10.7. The molecule has 2 aliphatic rings. The van der Waals surface area contributed by atoms with Crippen LogP contribution in [0.1, 0.15) is 43.1 Å². The Labute approximate surface area is 131 Å². The minimum atomic E-state index is 0.00877. The van der Waals surface area contributed by atoms with Crippen molar-refractivity contribution in [3.05, 3.63) is 18.0 Å². The summed E-state index contributed by atoms with van der Waals surface area (Å²) in [5.41, 5.74) is 0.472. The van der Waals surface area contributed by atoms with E-state index in [4.69, 9.17) is 4.74 Å². The van der Waals surface area contributed by atoms with E-state index in [0.717, 1.165) is 45.4 Å². The van der Waals surface area contributed by atoms with Crippen LogP contribution >= 0.6 is 0 Å². The molecule has 1 aromatic rings. The third-order valence-corrected chi connectivity index (χ3v) is 4.46. The zero-order valence-corrected chi connectivity index (χ0v) is 13.1. The Bertz CT molecular complexity index is 509. The predicted molar refractivity (Wildman–Crippen MR) is 83.8 cm³/mol. The second-order valence-electron chi connectivity index (χ2n) is 6.26. The Morgan fingerprint density at radius 2 is 2.23 bits per heavy atom. The van der Waals surface area contributed by atoms with Gasteiger partial charge in [-0.15, -0.1) is 0 Å². The molecule has 3 rings (SSSR count). The number of anilines is 1. The van der Waals surface area contributed by atoms with Crippen LogP contribution in [0.25, 0.3) is 0 Å². The first-order valence-corrected chi connectivity index (χ1v) is 8.20. The van der Waals surface area contributed by atoms with Crippen molar-refractivity contribution in [2.24, 2.45) is 5.92 Å². The van der Waals surface area contributed by atoms with Crippen LogP contribution in [0.15, 0.2) is 12.3 Å². The number of hydrogen-bond acceptors (Lipinski definition) is 5. The molecule has 3 heterocycles. The average molecular weight is 304 g/mol. The van der Waals surface area contributed by atoms with Crippen LogP contribution < -0.4 is 5.32 Å². The van der Waals surface area contributed by atoms with Crippen LogP contribution in [0.5, 0.6) is 0 Å². The van der Waals surface area contributed by atoms with Gasteiger partial charge in [-0.1, -0.05) is 6.92 Å². The zero-order chi connectivity index (χ0) is 15.4. The average Bonchev–Trinajstić information content (AvgIpc) is 3.07. The summed E-state index contributed by atoms with van der Waals surface area (Å²) in [5, 5.41) is 3.17. The second kappa shape index (κ2) is 7.05. The fourth-order valence-corrected chi connectivity index (χ4v) is 2.95. The van der Waals surface area contributed by atoms with Gasteiger partial charge in [0.1, 0.15) is 5.69 Å². The highest BCUT2D eigenvalue weighted by Gasteiger charge is 2.22. The SMILES string of the molecule is CC1CCN(C(=O)c2ccnc(NCC3CCCO3)n2)CC1. The predicted octanol–water partition coefficient (Wildman–Crippen LogP) is 1.94. The molecule has 2 aliphatic heterocycles. The molecule has 6 heteroatoms. The van der Waals surface area contributed by atoms with Crippen LogP contribution in [-0.4, -0.2) is 53.1 Å². The number of ether oxygens (including phenoxy) is 1. The summed E-state index contributed by atoms with van der Waals surface area (Å²) in [7, 11) is 0. The van der Waals surface area contributed by atoms with Gasteiger partial charge in [-0.05, 0) is 37.7 Å². The largest absolute Gasteiger partial charge is 0.376 e. The Hall–Kier alpha value is -1.69. The molecule has 2 saturated heterocycles. The van der Waals surface area contributed by atoms with Crippen molar-refractivity contribution in [3.63, 3.8) is 0 Å². The van der Waals surface area contributed by atoms with E-state index in [2.05, 4.69) is 22.2 Å². The standard InChI is InChI=1S/C16H24N4O2/c1-12-5-8-20(9-6-12)15(21)14-4-7-17-16(19-14)18-11-13-3-2-10-22-13/h4,7,12-13H,2-3,5-6,8-11H2,1H3,(H,17,18,19). The van der Waals surface area contributed by atoms with Gasteiger partial charge in [-0.2, -0.15) is 0 Å². The topological polar surface area (TPSA) is 67.4 Å². The molecular formula is C16H24N4O2. The van der Waals surface area contributed by atoms with Crippen molar-refractivity contribution in [3.8, 4) is 0 Å². The van der Waals surface area contributed by atoms with Gasteiger partial charge in [0.25, 0.3) is 5.91 Å². The molecule has 0 spiro atoms. The van der Waals surface area contributed by atoms with E-state index in [-0.39, 0.29) is 12.0 Å². The maximum atomic E-state index is 12.5. The summed E-state index contributed by atoms with van der Waals surface area (Å²) < 4.78 is 5.56. The van der Waals surface area contributed by atoms with E-state index < -0.39 is 0 Å². The summed E-state index contributed by atoms with van der Waals surface area (Å²) >= 11 is 0. The van der Waals surface area contributed by atoms with E-state index in [0.29, 0.717) is 24.1 Å². The van der Waals surface area contributed by atoms with E-state index in [9.17, 15) is 4.79 Å². The zero-order valence-electron chi connectivity index (χ0n) is 13.1. The molecule has 0 bridgehead atoms. The molecule has 1 N–H and O–H groups in total. The van der Waals surface area contributed by atoms with E-state index in [1.165, 1.54) is 0 Å². The molecule has 2 fully saturated rings. The number of carbonyl (C=O) groups excluding carboxylic acids is 1. The maximum absolute atomic E-state index is 12.5. The van der Waals surface area contributed by atoms with Gasteiger partial charge in [-0.3, -0.25) is 4.79 Å². The third-order valence-electron chi connectivity index (χ3n) is 4.46. The molecular weight excluding hydrogens is 280 g/mol. The lowest BCUT2D eigenvalue weighted by molar-refractivity contribution is 0.0691. The number of nitrogens with zero attached hydrogens (tertiary/aromatic N) is 3. The third kappa shape index (κ3) is 3.74. The quantitative estimate of drug-likeness (QED) is 0.921. The van der Waals surface area contributed by atoms with Gasteiger partial charge in [0, 0.05) is 32.4 Å². The fourth-order valence-electron chi connectivity index (χ4n) is 2.95. The number of piperidine rings is 1.